The molecular formula is C32H25N3O7. The highest BCUT2D eigenvalue weighted by Gasteiger charge is 2.19. The molecule has 42 heavy (non-hydrogen) atoms. The van der Waals surface area contributed by atoms with E-state index in [2.05, 4.69) is 5.10 Å². The van der Waals surface area contributed by atoms with Crippen molar-refractivity contribution in [2.75, 3.05) is 20.5 Å². The first-order valence-electron chi connectivity index (χ1n) is 13.1. The number of carbonyl (C=O) groups is 1. The summed E-state index contributed by atoms with van der Waals surface area (Å²) < 4.78 is 28.6. The van der Waals surface area contributed by atoms with Crippen molar-refractivity contribution in [1.29, 1.82) is 0 Å². The van der Waals surface area contributed by atoms with Crippen LogP contribution in [0.4, 0.5) is 0 Å². The van der Waals surface area contributed by atoms with Crippen molar-refractivity contribution >= 4 is 23.1 Å². The SMILES string of the molecule is CCOc1cc(C=Nn2c(-c3ccc(OC)cc3)nc3ccccc3c2=O)ccc1OC(=O)c1ccc2c(c1)OCO2. The second kappa shape index (κ2) is 11.5. The molecule has 4 aromatic carbocycles. The Kier molecular flexibility index (Phi) is 7.25. The molecule has 10 heteroatoms. The van der Waals surface area contributed by atoms with E-state index in [1.54, 1.807) is 73.8 Å². The molecule has 0 atom stereocenters. The molecule has 1 aliphatic rings. The summed E-state index contributed by atoms with van der Waals surface area (Å²) in [5.41, 5.74) is 1.86. The number of fused-ring (bicyclic) bond motifs is 2. The Balaban J connectivity index is 1.33. The molecule has 0 N–H and O–H groups in total. The lowest BCUT2D eigenvalue weighted by molar-refractivity contribution is 0.0728. The van der Waals surface area contributed by atoms with Crippen molar-refractivity contribution < 1.29 is 28.5 Å². The number of para-hydroxylation sites is 1. The van der Waals surface area contributed by atoms with Crippen molar-refractivity contribution in [3.05, 3.63) is 106 Å². The van der Waals surface area contributed by atoms with Gasteiger partial charge in [-0.2, -0.15) is 9.78 Å². The highest BCUT2D eigenvalue weighted by Crippen LogP contribution is 2.34. The van der Waals surface area contributed by atoms with Gasteiger partial charge in [0.1, 0.15) is 5.75 Å². The van der Waals surface area contributed by atoms with Gasteiger partial charge in [-0.05, 0) is 85.3 Å². The first kappa shape index (κ1) is 26.6. The lowest BCUT2D eigenvalue weighted by Crippen LogP contribution is -2.20. The Bertz CT molecular complexity index is 1880. The molecule has 2 heterocycles. The van der Waals surface area contributed by atoms with Crippen LogP contribution in [0.25, 0.3) is 22.3 Å². The first-order valence-corrected chi connectivity index (χ1v) is 13.1. The van der Waals surface area contributed by atoms with Gasteiger partial charge in [-0.15, -0.1) is 0 Å². The zero-order valence-corrected chi connectivity index (χ0v) is 22.8. The summed E-state index contributed by atoms with van der Waals surface area (Å²) in [6.07, 6.45) is 1.52. The summed E-state index contributed by atoms with van der Waals surface area (Å²) in [6, 6.07) is 24.2. The van der Waals surface area contributed by atoms with E-state index in [1.807, 2.05) is 25.1 Å². The molecule has 0 saturated heterocycles. The minimum absolute atomic E-state index is 0.105. The van der Waals surface area contributed by atoms with Gasteiger partial charge in [0.05, 0.1) is 36.4 Å². The summed E-state index contributed by atoms with van der Waals surface area (Å²) in [5.74, 6) is 2.11. The van der Waals surface area contributed by atoms with Crippen LogP contribution in [0, 0.1) is 0 Å². The summed E-state index contributed by atoms with van der Waals surface area (Å²) in [4.78, 5) is 31.1. The van der Waals surface area contributed by atoms with Gasteiger partial charge < -0.3 is 23.7 Å². The fourth-order valence-electron chi connectivity index (χ4n) is 4.42. The third-order valence-electron chi connectivity index (χ3n) is 6.50. The molecule has 0 radical (unpaired) electrons. The van der Waals surface area contributed by atoms with Gasteiger partial charge in [0, 0.05) is 5.56 Å². The normalized spacial score (nSPS) is 12.0. The van der Waals surface area contributed by atoms with Crippen molar-refractivity contribution in [3.63, 3.8) is 0 Å². The van der Waals surface area contributed by atoms with Gasteiger partial charge in [0.25, 0.3) is 5.56 Å². The number of methoxy groups -OCH3 is 1. The monoisotopic (exact) mass is 563 g/mol. The summed E-state index contributed by atoms with van der Waals surface area (Å²) >= 11 is 0. The number of nitrogens with zero attached hydrogens (tertiary/aromatic N) is 3. The molecule has 1 aromatic heterocycles. The number of aromatic nitrogens is 2. The van der Waals surface area contributed by atoms with E-state index >= 15 is 0 Å². The third kappa shape index (κ3) is 5.25. The molecule has 0 bridgehead atoms. The maximum absolute atomic E-state index is 13.5. The molecule has 0 aliphatic carbocycles. The number of rotatable bonds is 8. The largest absolute Gasteiger partial charge is 0.497 e. The van der Waals surface area contributed by atoms with Gasteiger partial charge in [-0.1, -0.05) is 12.1 Å². The quantitative estimate of drug-likeness (QED) is 0.142. The van der Waals surface area contributed by atoms with Crippen LogP contribution in [0.2, 0.25) is 0 Å². The Morgan fingerprint density at radius 2 is 1.79 bits per heavy atom. The highest BCUT2D eigenvalue weighted by molar-refractivity contribution is 5.92. The molecule has 10 nitrogen and oxygen atoms in total. The smallest absolute Gasteiger partial charge is 0.343 e. The van der Waals surface area contributed by atoms with Crippen LogP contribution in [0.15, 0.2) is 94.8 Å². The standard InChI is InChI=1S/C32H25N3O7/c1-3-39-28-16-20(8-14-27(28)42-32(37)22-11-15-26-29(17-22)41-19-40-26)18-33-35-30(21-9-12-23(38-2)13-10-21)34-25-7-5-4-6-24(25)31(35)36/h4-18H,3,19H2,1-2H3. The van der Waals surface area contributed by atoms with Crippen molar-refractivity contribution in [2.45, 2.75) is 6.92 Å². The topological polar surface area (TPSA) is 110 Å². The lowest BCUT2D eigenvalue weighted by Gasteiger charge is -2.12. The Morgan fingerprint density at radius 1 is 0.976 bits per heavy atom. The van der Waals surface area contributed by atoms with E-state index in [4.69, 9.17) is 28.7 Å². The summed E-state index contributed by atoms with van der Waals surface area (Å²) in [7, 11) is 1.59. The molecule has 6 rings (SSSR count). The molecule has 0 fully saturated rings. The molecule has 0 spiro atoms. The number of carbonyl (C=O) groups excluding carboxylic acids is 1. The number of benzene rings is 4. The first-order chi connectivity index (χ1) is 20.5. The maximum atomic E-state index is 13.5. The average Bonchev–Trinajstić information content (AvgIpc) is 3.50. The molecule has 5 aromatic rings. The van der Waals surface area contributed by atoms with Crippen LogP contribution in [0.5, 0.6) is 28.7 Å². The Labute approximate surface area is 240 Å². The molecule has 1 aliphatic heterocycles. The zero-order valence-electron chi connectivity index (χ0n) is 22.8. The van der Waals surface area contributed by atoms with Gasteiger partial charge in [-0.25, -0.2) is 9.78 Å². The number of hydrogen-bond acceptors (Lipinski definition) is 9. The van der Waals surface area contributed by atoms with E-state index in [9.17, 15) is 9.59 Å². The fraction of sp³-hybridized carbons (Fsp3) is 0.125. The van der Waals surface area contributed by atoms with Crippen molar-refractivity contribution in [1.82, 2.24) is 9.66 Å². The van der Waals surface area contributed by atoms with Crippen LogP contribution in [0.3, 0.4) is 0 Å². The van der Waals surface area contributed by atoms with Crippen LogP contribution >= 0.6 is 0 Å². The van der Waals surface area contributed by atoms with E-state index in [-0.39, 0.29) is 18.1 Å². The van der Waals surface area contributed by atoms with Crippen LogP contribution in [-0.2, 0) is 0 Å². The van der Waals surface area contributed by atoms with Crippen LogP contribution in [-0.4, -0.2) is 42.4 Å². The molecule has 0 unspecified atom stereocenters. The van der Waals surface area contributed by atoms with Gasteiger partial charge in [0.2, 0.25) is 6.79 Å². The van der Waals surface area contributed by atoms with Crippen LogP contribution in [0.1, 0.15) is 22.8 Å². The average molecular weight is 564 g/mol. The van der Waals surface area contributed by atoms with Crippen molar-refractivity contribution in [2.24, 2.45) is 5.10 Å². The molecule has 0 saturated carbocycles. The van der Waals surface area contributed by atoms with E-state index in [0.717, 1.165) is 0 Å². The molecule has 0 amide bonds. The van der Waals surface area contributed by atoms with E-state index < -0.39 is 5.97 Å². The molecule has 210 valence electrons. The van der Waals surface area contributed by atoms with E-state index in [1.165, 1.54) is 10.9 Å². The van der Waals surface area contributed by atoms with E-state index in [0.29, 0.717) is 63.0 Å². The van der Waals surface area contributed by atoms with Gasteiger partial charge in [0.15, 0.2) is 28.8 Å². The predicted octanol–water partition coefficient (Wildman–Crippen LogP) is 5.30. The maximum Gasteiger partial charge on any atom is 0.343 e. The fourth-order valence-corrected chi connectivity index (χ4v) is 4.42. The van der Waals surface area contributed by atoms with Crippen molar-refractivity contribution in [3.8, 4) is 40.1 Å². The minimum atomic E-state index is -0.575. The highest BCUT2D eigenvalue weighted by atomic mass is 16.7. The zero-order chi connectivity index (χ0) is 29.1. The lowest BCUT2D eigenvalue weighted by atomic mass is 10.2. The Morgan fingerprint density at radius 3 is 2.60 bits per heavy atom. The van der Waals surface area contributed by atoms with Crippen LogP contribution < -0.4 is 29.2 Å². The Hall–Kier alpha value is -5.64. The summed E-state index contributed by atoms with van der Waals surface area (Å²) in [6.45, 7) is 2.27. The van der Waals surface area contributed by atoms with Gasteiger partial charge in [-0.3, -0.25) is 4.79 Å². The second-order valence-corrected chi connectivity index (χ2v) is 9.14. The third-order valence-corrected chi connectivity index (χ3v) is 6.50. The summed E-state index contributed by atoms with van der Waals surface area (Å²) in [5, 5.41) is 4.95. The number of hydrogen-bond donors (Lipinski definition) is 0. The predicted molar refractivity (Wildman–Crippen MR) is 156 cm³/mol. The minimum Gasteiger partial charge on any atom is -0.497 e. The van der Waals surface area contributed by atoms with Gasteiger partial charge >= 0.3 is 5.97 Å². The molecular weight excluding hydrogens is 538 g/mol. The number of ether oxygens (including phenoxy) is 5. The second-order valence-electron chi connectivity index (χ2n) is 9.14. The number of esters is 1.